The van der Waals surface area contributed by atoms with Gasteiger partial charge in [-0.3, -0.25) is 9.36 Å². The summed E-state index contributed by atoms with van der Waals surface area (Å²) in [6, 6.07) is 12.2. The minimum Gasteiger partial charge on any atom is -0.364 e. The molecule has 1 heterocycles. The number of rotatable bonds is 5. The van der Waals surface area contributed by atoms with Crippen molar-refractivity contribution in [2.45, 2.75) is 20.0 Å². The predicted molar refractivity (Wildman–Crippen MR) is 102 cm³/mol. The average Bonchev–Trinajstić information content (AvgIpc) is 2.68. The van der Waals surface area contributed by atoms with E-state index in [0.29, 0.717) is 11.4 Å². The van der Waals surface area contributed by atoms with Crippen LogP contribution in [0.5, 0.6) is 0 Å². The highest BCUT2D eigenvalue weighted by atomic mass is 35.5. The molecule has 0 atom stereocenters. The Labute approximate surface area is 164 Å². The van der Waals surface area contributed by atoms with Crippen molar-refractivity contribution < 1.29 is 8.78 Å². The first-order valence-corrected chi connectivity index (χ1v) is 8.70. The summed E-state index contributed by atoms with van der Waals surface area (Å²) in [4.78, 5) is 16.9. The van der Waals surface area contributed by atoms with E-state index in [0.717, 1.165) is 17.7 Å². The van der Waals surface area contributed by atoms with Crippen molar-refractivity contribution in [2.75, 3.05) is 5.32 Å². The van der Waals surface area contributed by atoms with Crippen LogP contribution in [-0.2, 0) is 13.1 Å². The SMILES string of the molecule is Cc1nc(NCc2ccc(F)cc2F)c(Cl)c(=O)n1Cc1cccc(C#N)c1. The number of anilines is 1. The minimum absolute atomic E-state index is 0.00799. The molecule has 142 valence electrons. The summed E-state index contributed by atoms with van der Waals surface area (Å²) in [6.07, 6.45) is 0. The monoisotopic (exact) mass is 400 g/mol. The molecule has 3 rings (SSSR count). The van der Waals surface area contributed by atoms with Gasteiger partial charge in [-0.1, -0.05) is 29.8 Å². The molecule has 0 radical (unpaired) electrons. The van der Waals surface area contributed by atoms with Gasteiger partial charge < -0.3 is 5.32 Å². The van der Waals surface area contributed by atoms with Gasteiger partial charge in [0.15, 0.2) is 5.82 Å². The summed E-state index contributed by atoms with van der Waals surface area (Å²) in [5, 5.41) is 11.7. The molecule has 0 aliphatic heterocycles. The normalized spacial score (nSPS) is 10.5. The third-order valence-electron chi connectivity index (χ3n) is 4.16. The molecule has 28 heavy (non-hydrogen) atoms. The van der Waals surface area contributed by atoms with Gasteiger partial charge in [0.05, 0.1) is 18.2 Å². The summed E-state index contributed by atoms with van der Waals surface area (Å²) in [6.45, 7) is 1.85. The molecule has 0 saturated carbocycles. The van der Waals surface area contributed by atoms with Gasteiger partial charge in [0.1, 0.15) is 22.5 Å². The van der Waals surface area contributed by atoms with Crippen LogP contribution in [0.1, 0.15) is 22.5 Å². The number of aromatic nitrogens is 2. The molecule has 0 fully saturated rings. The van der Waals surface area contributed by atoms with Crippen molar-refractivity contribution in [3.8, 4) is 6.07 Å². The number of nitrogens with zero attached hydrogens (tertiary/aromatic N) is 3. The van der Waals surface area contributed by atoms with Crippen molar-refractivity contribution in [2.24, 2.45) is 0 Å². The quantitative estimate of drug-likeness (QED) is 0.702. The van der Waals surface area contributed by atoms with E-state index in [1.54, 1.807) is 31.2 Å². The van der Waals surface area contributed by atoms with Crippen molar-refractivity contribution in [1.29, 1.82) is 5.26 Å². The number of hydrogen-bond acceptors (Lipinski definition) is 4. The highest BCUT2D eigenvalue weighted by molar-refractivity contribution is 6.32. The largest absolute Gasteiger partial charge is 0.364 e. The molecule has 0 aliphatic rings. The zero-order valence-corrected chi connectivity index (χ0v) is 15.6. The zero-order chi connectivity index (χ0) is 20.3. The predicted octanol–water partition coefficient (Wildman–Crippen LogP) is 4.02. The summed E-state index contributed by atoms with van der Waals surface area (Å²) >= 11 is 6.16. The number of aryl methyl sites for hydroxylation is 1. The Bertz CT molecular complexity index is 1140. The molecule has 1 aromatic heterocycles. The lowest BCUT2D eigenvalue weighted by atomic mass is 10.1. The average molecular weight is 401 g/mol. The third-order valence-corrected chi connectivity index (χ3v) is 4.50. The fraction of sp³-hybridized carbons (Fsp3) is 0.150. The molecule has 0 aliphatic carbocycles. The molecule has 0 saturated heterocycles. The highest BCUT2D eigenvalue weighted by Crippen LogP contribution is 2.18. The Kier molecular flexibility index (Phi) is 5.71. The maximum atomic E-state index is 13.8. The van der Waals surface area contributed by atoms with Crippen molar-refractivity contribution in [3.05, 3.63) is 92.0 Å². The Morgan fingerprint density at radius 2 is 2.04 bits per heavy atom. The first-order chi connectivity index (χ1) is 13.4. The van der Waals surface area contributed by atoms with E-state index >= 15 is 0 Å². The van der Waals surface area contributed by atoms with E-state index in [9.17, 15) is 13.6 Å². The van der Waals surface area contributed by atoms with Crippen LogP contribution in [0.4, 0.5) is 14.6 Å². The third kappa shape index (κ3) is 4.18. The van der Waals surface area contributed by atoms with Crippen LogP contribution in [0.3, 0.4) is 0 Å². The molecule has 5 nitrogen and oxygen atoms in total. The lowest BCUT2D eigenvalue weighted by Gasteiger charge is -2.14. The van der Waals surface area contributed by atoms with E-state index < -0.39 is 17.2 Å². The molecule has 0 amide bonds. The van der Waals surface area contributed by atoms with Gasteiger partial charge in [0, 0.05) is 18.2 Å². The first-order valence-electron chi connectivity index (χ1n) is 8.33. The number of halogens is 3. The van der Waals surface area contributed by atoms with Gasteiger partial charge in [-0.05, 0) is 30.7 Å². The lowest BCUT2D eigenvalue weighted by Crippen LogP contribution is -2.26. The van der Waals surface area contributed by atoms with E-state index in [2.05, 4.69) is 10.3 Å². The van der Waals surface area contributed by atoms with Gasteiger partial charge in [-0.2, -0.15) is 5.26 Å². The molecule has 3 aromatic rings. The Hall–Kier alpha value is -3.24. The molecule has 0 unspecified atom stereocenters. The number of hydrogen-bond donors (Lipinski definition) is 1. The van der Waals surface area contributed by atoms with Crippen LogP contribution < -0.4 is 10.9 Å². The molecule has 0 bridgehead atoms. The second-order valence-electron chi connectivity index (χ2n) is 6.11. The molecule has 2 aromatic carbocycles. The Morgan fingerprint density at radius 1 is 1.25 bits per heavy atom. The van der Waals surface area contributed by atoms with Crippen molar-refractivity contribution in [1.82, 2.24) is 9.55 Å². The van der Waals surface area contributed by atoms with Crippen LogP contribution in [-0.4, -0.2) is 9.55 Å². The van der Waals surface area contributed by atoms with Crippen LogP contribution in [0.25, 0.3) is 0 Å². The fourth-order valence-corrected chi connectivity index (χ4v) is 2.92. The topological polar surface area (TPSA) is 70.7 Å². The van der Waals surface area contributed by atoms with Crippen LogP contribution in [0.15, 0.2) is 47.3 Å². The molecule has 0 spiro atoms. The van der Waals surface area contributed by atoms with Crippen molar-refractivity contribution >= 4 is 17.4 Å². The number of nitriles is 1. The zero-order valence-electron chi connectivity index (χ0n) is 14.8. The van der Waals surface area contributed by atoms with E-state index in [1.807, 2.05) is 6.07 Å². The smallest absolute Gasteiger partial charge is 0.274 e. The van der Waals surface area contributed by atoms with Gasteiger partial charge in [-0.15, -0.1) is 0 Å². The van der Waals surface area contributed by atoms with Crippen LogP contribution in [0.2, 0.25) is 5.02 Å². The van der Waals surface area contributed by atoms with Gasteiger partial charge in [0.25, 0.3) is 5.56 Å². The summed E-state index contributed by atoms with van der Waals surface area (Å²) in [5.74, 6) is -0.851. The lowest BCUT2D eigenvalue weighted by molar-refractivity contribution is 0.574. The maximum absolute atomic E-state index is 13.8. The van der Waals surface area contributed by atoms with E-state index in [-0.39, 0.29) is 29.5 Å². The van der Waals surface area contributed by atoms with Crippen LogP contribution >= 0.6 is 11.6 Å². The summed E-state index contributed by atoms with van der Waals surface area (Å²) in [5.41, 5.74) is 1.01. The van der Waals surface area contributed by atoms with Gasteiger partial charge in [0.2, 0.25) is 0 Å². The van der Waals surface area contributed by atoms with E-state index in [4.69, 9.17) is 16.9 Å². The summed E-state index contributed by atoms with van der Waals surface area (Å²) in [7, 11) is 0. The molecule has 8 heteroatoms. The standard InChI is InChI=1S/C20H15ClF2N4O/c1-12-26-19(25-10-15-5-6-16(22)8-17(15)23)18(21)20(28)27(12)11-14-4-2-3-13(7-14)9-24/h2-8,25H,10-11H2,1H3. The molecular weight excluding hydrogens is 386 g/mol. The highest BCUT2D eigenvalue weighted by Gasteiger charge is 2.14. The number of nitrogens with one attached hydrogen (secondary N) is 1. The summed E-state index contributed by atoms with van der Waals surface area (Å²) < 4.78 is 28.1. The number of benzene rings is 2. The Balaban J connectivity index is 1.85. The van der Waals surface area contributed by atoms with E-state index in [1.165, 1.54) is 10.6 Å². The second kappa shape index (κ2) is 8.19. The second-order valence-corrected chi connectivity index (χ2v) is 6.49. The fourth-order valence-electron chi connectivity index (χ4n) is 2.71. The molecular formula is C20H15ClF2N4O. The van der Waals surface area contributed by atoms with Gasteiger partial charge in [-0.25, -0.2) is 13.8 Å². The minimum atomic E-state index is -0.703. The van der Waals surface area contributed by atoms with Gasteiger partial charge >= 0.3 is 0 Å². The van der Waals surface area contributed by atoms with Crippen LogP contribution in [0, 0.1) is 29.9 Å². The Morgan fingerprint density at radius 3 is 2.75 bits per heavy atom. The maximum Gasteiger partial charge on any atom is 0.274 e. The van der Waals surface area contributed by atoms with Crippen molar-refractivity contribution in [3.63, 3.8) is 0 Å². The first kappa shape index (κ1) is 19.5. The molecule has 1 N–H and O–H groups in total.